The van der Waals surface area contributed by atoms with Gasteiger partial charge in [-0.15, -0.1) is 0 Å². The molecule has 0 atom stereocenters. The van der Waals surface area contributed by atoms with Crippen LogP contribution < -0.4 is 0 Å². The van der Waals surface area contributed by atoms with Gasteiger partial charge in [0.15, 0.2) is 5.92 Å². The first kappa shape index (κ1) is 16.9. The molecule has 0 aromatic rings. The summed E-state index contributed by atoms with van der Waals surface area (Å²) in [5.41, 5.74) is 0. The van der Waals surface area contributed by atoms with Gasteiger partial charge in [0.05, 0.1) is 13.2 Å². The maximum absolute atomic E-state index is 11.5. The molecule has 0 bridgehead atoms. The number of carbonyl (C=O) groups excluding carboxylic acids is 2. The molecule has 0 radical (unpaired) electrons. The molecule has 0 N–H and O–H groups in total. The first-order chi connectivity index (χ1) is 8.31. The van der Waals surface area contributed by atoms with E-state index in [2.05, 4.69) is 0 Å². The third-order valence-corrected chi connectivity index (χ3v) is 3.18. The average molecular weight is 280 g/mol. The Balaban J connectivity index is 4.47. The van der Waals surface area contributed by atoms with Crippen molar-refractivity contribution in [1.29, 1.82) is 0 Å². The fraction of sp³-hybridized carbons (Fsp3) is 0.818. The maximum atomic E-state index is 11.5. The second kappa shape index (κ2) is 8.07. The average Bonchev–Trinajstić information content (AvgIpc) is 2.23. The summed E-state index contributed by atoms with van der Waals surface area (Å²) in [6.45, 7) is 3.61. The molecular weight excluding hydrogens is 260 g/mol. The molecule has 0 unspecified atom stereocenters. The van der Waals surface area contributed by atoms with Crippen LogP contribution in [0.2, 0.25) is 0 Å². The van der Waals surface area contributed by atoms with Gasteiger partial charge in [0.25, 0.3) is 0 Å². The Bertz CT molecular complexity index is 355. The highest BCUT2D eigenvalue weighted by molar-refractivity contribution is 7.90. The Hall–Kier alpha value is -1.11. The molecule has 0 aromatic heterocycles. The van der Waals surface area contributed by atoms with Crippen LogP contribution in [0.25, 0.3) is 0 Å². The van der Waals surface area contributed by atoms with E-state index in [4.69, 9.17) is 9.47 Å². The van der Waals surface area contributed by atoms with Gasteiger partial charge in [-0.3, -0.25) is 9.59 Å². The van der Waals surface area contributed by atoms with Crippen molar-refractivity contribution >= 4 is 21.8 Å². The van der Waals surface area contributed by atoms with E-state index in [1.54, 1.807) is 13.8 Å². The van der Waals surface area contributed by atoms with Crippen molar-refractivity contribution in [3.63, 3.8) is 0 Å². The van der Waals surface area contributed by atoms with Gasteiger partial charge >= 0.3 is 11.9 Å². The Morgan fingerprint density at radius 1 is 1.06 bits per heavy atom. The molecule has 7 heteroatoms. The minimum atomic E-state index is -3.10. The van der Waals surface area contributed by atoms with E-state index in [1.807, 2.05) is 0 Å². The summed E-state index contributed by atoms with van der Waals surface area (Å²) in [6, 6.07) is 0. The number of esters is 2. The van der Waals surface area contributed by atoms with Gasteiger partial charge < -0.3 is 9.47 Å². The first-order valence-electron chi connectivity index (χ1n) is 5.82. The molecule has 0 saturated carbocycles. The van der Waals surface area contributed by atoms with Crippen molar-refractivity contribution in [2.45, 2.75) is 26.7 Å². The highest BCUT2D eigenvalue weighted by Gasteiger charge is 2.29. The molecular formula is C11H20O6S. The van der Waals surface area contributed by atoms with Crippen LogP contribution in [-0.4, -0.2) is 45.6 Å². The molecule has 0 aromatic carbocycles. The lowest BCUT2D eigenvalue weighted by atomic mass is 10.0. The smallest absolute Gasteiger partial charge is 0.320 e. The van der Waals surface area contributed by atoms with Crippen LogP contribution in [0.4, 0.5) is 0 Å². The van der Waals surface area contributed by atoms with Crippen molar-refractivity contribution in [2.75, 3.05) is 25.2 Å². The molecule has 106 valence electrons. The molecule has 0 aliphatic heterocycles. The standard InChI is InChI=1S/C11H20O6S/c1-4-16-10(12)9(11(13)17-5-2)7-6-8-18(3,14)15/h9H,4-8H2,1-3H3. The fourth-order valence-electron chi connectivity index (χ4n) is 1.37. The summed E-state index contributed by atoms with van der Waals surface area (Å²) in [4.78, 5) is 23.1. The van der Waals surface area contributed by atoms with Crippen LogP contribution in [0.15, 0.2) is 0 Å². The van der Waals surface area contributed by atoms with E-state index in [9.17, 15) is 18.0 Å². The number of carbonyl (C=O) groups is 2. The van der Waals surface area contributed by atoms with Crippen LogP contribution in [0, 0.1) is 5.92 Å². The zero-order valence-corrected chi connectivity index (χ0v) is 11.8. The van der Waals surface area contributed by atoms with E-state index >= 15 is 0 Å². The summed E-state index contributed by atoms with van der Waals surface area (Å²) in [5, 5.41) is 0. The zero-order chi connectivity index (χ0) is 14.2. The number of sulfone groups is 1. The van der Waals surface area contributed by atoms with E-state index < -0.39 is 27.7 Å². The largest absolute Gasteiger partial charge is 0.465 e. The number of hydrogen-bond donors (Lipinski definition) is 0. The molecule has 18 heavy (non-hydrogen) atoms. The summed E-state index contributed by atoms with van der Waals surface area (Å²) in [7, 11) is -3.10. The molecule has 0 fully saturated rings. The van der Waals surface area contributed by atoms with E-state index in [0.717, 1.165) is 6.26 Å². The predicted molar refractivity (Wildman–Crippen MR) is 65.7 cm³/mol. The molecule has 0 saturated heterocycles. The second-order valence-corrected chi connectivity index (χ2v) is 6.09. The lowest BCUT2D eigenvalue weighted by Gasteiger charge is -2.13. The molecule has 0 spiro atoms. The van der Waals surface area contributed by atoms with Crippen molar-refractivity contribution in [1.82, 2.24) is 0 Å². The van der Waals surface area contributed by atoms with Crippen LogP contribution in [-0.2, 0) is 28.9 Å². The van der Waals surface area contributed by atoms with Gasteiger partial charge in [-0.05, 0) is 26.7 Å². The second-order valence-electron chi connectivity index (χ2n) is 3.83. The van der Waals surface area contributed by atoms with Crippen LogP contribution in [0.1, 0.15) is 26.7 Å². The third kappa shape index (κ3) is 7.26. The molecule has 0 heterocycles. The fourth-order valence-corrected chi connectivity index (χ4v) is 2.06. The SMILES string of the molecule is CCOC(=O)C(CCCS(C)(=O)=O)C(=O)OCC. The van der Waals surface area contributed by atoms with Gasteiger partial charge in [-0.25, -0.2) is 8.42 Å². The number of hydrogen-bond acceptors (Lipinski definition) is 6. The van der Waals surface area contributed by atoms with Gasteiger partial charge in [0, 0.05) is 12.0 Å². The Labute approximate surface area is 108 Å². The molecule has 0 amide bonds. The van der Waals surface area contributed by atoms with Crippen LogP contribution in [0.5, 0.6) is 0 Å². The van der Waals surface area contributed by atoms with Crippen LogP contribution >= 0.6 is 0 Å². The highest BCUT2D eigenvalue weighted by Crippen LogP contribution is 2.12. The molecule has 0 rings (SSSR count). The Morgan fingerprint density at radius 2 is 1.50 bits per heavy atom. The van der Waals surface area contributed by atoms with E-state index in [-0.39, 0.29) is 31.8 Å². The quantitative estimate of drug-likeness (QED) is 0.477. The van der Waals surface area contributed by atoms with Crippen molar-refractivity contribution in [3.8, 4) is 0 Å². The van der Waals surface area contributed by atoms with Gasteiger partial charge in [0.2, 0.25) is 0 Å². The Morgan fingerprint density at radius 3 is 1.83 bits per heavy atom. The Kier molecular flexibility index (Phi) is 7.58. The third-order valence-electron chi connectivity index (χ3n) is 2.15. The minimum absolute atomic E-state index is 0.0672. The summed E-state index contributed by atoms with van der Waals surface area (Å²) < 4.78 is 31.5. The summed E-state index contributed by atoms with van der Waals surface area (Å²) in [6.07, 6.45) is 1.45. The van der Waals surface area contributed by atoms with Gasteiger partial charge in [-0.2, -0.15) is 0 Å². The van der Waals surface area contributed by atoms with E-state index in [0.29, 0.717) is 0 Å². The van der Waals surface area contributed by atoms with E-state index in [1.165, 1.54) is 0 Å². The lowest BCUT2D eigenvalue weighted by Crippen LogP contribution is -2.28. The number of rotatable bonds is 8. The van der Waals surface area contributed by atoms with Gasteiger partial charge in [0.1, 0.15) is 9.84 Å². The monoisotopic (exact) mass is 280 g/mol. The van der Waals surface area contributed by atoms with Crippen molar-refractivity contribution in [3.05, 3.63) is 0 Å². The van der Waals surface area contributed by atoms with Crippen molar-refractivity contribution in [2.24, 2.45) is 5.92 Å². The highest BCUT2D eigenvalue weighted by atomic mass is 32.2. The van der Waals surface area contributed by atoms with Crippen LogP contribution in [0.3, 0.4) is 0 Å². The van der Waals surface area contributed by atoms with Crippen molar-refractivity contribution < 1.29 is 27.5 Å². The minimum Gasteiger partial charge on any atom is -0.465 e. The molecule has 6 nitrogen and oxygen atoms in total. The normalized spacial score (nSPS) is 11.3. The summed E-state index contributed by atoms with van der Waals surface area (Å²) >= 11 is 0. The summed E-state index contributed by atoms with van der Waals surface area (Å²) in [5.74, 6) is -2.43. The topological polar surface area (TPSA) is 86.7 Å². The predicted octanol–water partition coefficient (Wildman–Crippen LogP) is 0.554. The zero-order valence-electron chi connectivity index (χ0n) is 11.0. The number of ether oxygens (including phenoxy) is 2. The lowest BCUT2D eigenvalue weighted by molar-refractivity contribution is -0.161. The first-order valence-corrected chi connectivity index (χ1v) is 7.88. The molecule has 0 aliphatic rings. The molecule has 0 aliphatic carbocycles. The van der Waals surface area contributed by atoms with Gasteiger partial charge in [-0.1, -0.05) is 0 Å². The maximum Gasteiger partial charge on any atom is 0.320 e.